The maximum atomic E-state index is 10.6. The Morgan fingerprint density at radius 1 is 1.24 bits per heavy atom. The van der Waals surface area contributed by atoms with Crippen LogP contribution in [0.1, 0.15) is 9.67 Å². The number of hydrogen-bond acceptors (Lipinski definition) is 4. The molecule has 5 heteroatoms. The Labute approximate surface area is 108 Å². The Hall–Kier alpha value is -1.52. The van der Waals surface area contributed by atoms with Crippen LogP contribution in [-0.2, 0) is 0 Å². The molecule has 0 saturated heterocycles. The van der Waals surface area contributed by atoms with Gasteiger partial charge >= 0.3 is 0 Å². The second-order valence-electron chi connectivity index (χ2n) is 3.17. The molecule has 17 heavy (non-hydrogen) atoms. The van der Waals surface area contributed by atoms with Crippen molar-refractivity contribution < 1.29 is 14.3 Å². The van der Waals surface area contributed by atoms with Gasteiger partial charge in [-0.25, -0.2) is 0 Å². The Kier molecular flexibility index (Phi) is 3.66. The van der Waals surface area contributed by atoms with Gasteiger partial charge < -0.3 is 9.47 Å². The molecule has 0 atom stereocenters. The molecule has 88 valence electrons. The quantitative estimate of drug-likeness (QED) is 0.786. The Bertz CT molecular complexity index is 536. The number of carbonyl (C=O) groups is 1. The van der Waals surface area contributed by atoms with Crippen LogP contribution < -0.4 is 9.47 Å². The summed E-state index contributed by atoms with van der Waals surface area (Å²) in [5.41, 5.74) is 0. The van der Waals surface area contributed by atoms with Crippen molar-refractivity contribution in [3.05, 3.63) is 40.2 Å². The first-order chi connectivity index (χ1) is 8.22. The van der Waals surface area contributed by atoms with Gasteiger partial charge in [-0.05, 0) is 24.3 Å². The SMILES string of the molecule is COc1cc(Cl)ccc1Oc1ccc(C=O)s1. The molecule has 0 radical (unpaired) electrons. The van der Waals surface area contributed by atoms with Crippen LogP contribution in [0.5, 0.6) is 16.6 Å². The van der Waals surface area contributed by atoms with Crippen LogP contribution in [0.2, 0.25) is 5.02 Å². The number of thiophene rings is 1. The highest BCUT2D eigenvalue weighted by molar-refractivity contribution is 7.15. The van der Waals surface area contributed by atoms with Gasteiger partial charge in [-0.1, -0.05) is 22.9 Å². The first kappa shape index (κ1) is 12.0. The smallest absolute Gasteiger partial charge is 0.181 e. The van der Waals surface area contributed by atoms with E-state index in [1.807, 2.05) is 0 Å². The molecule has 0 aliphatic rings. The highest BCUT2D eigenvalue weighted by Gasteiger charge is 2.08. The van der Waals surface area contributed by atoms with Gasteiger partial charge in [-0.3, -0.25) is 4.79 Å². The van der Waals surface area contributed by atoms with Crippen LogP contribution in [0.25, 0.3) is 0 Å². The summed E-state index contributed by atoms with van der Waals surface area (Å²) in [7, 11) is 1.55. The number of rotatable bonds is 4. The third kappa shape index (κ3) is 2.78. The monoisotopic (exact) mass is 268 g/mol. The van der Waals surface area contributed by atoms with Gasteiger partial charge in [0.25, 0.3) is 0 Å². The summed E-state index contributed by atoms with van der Waals surface area (Å²) in [6.07, 6.45) is 0.788. The maximum Gasteiger partial charge on any atom is 0.181 e. The zero-order chi connectivity index (χ0) is 12.3. The number of methoxy groups -OCH3 is 1. The lowest BCUT2D eigenvalue weighted by atomic mass is 10.3. The van der Waals surface area contributed by atoms with Gasteiger partial charge in [0.15, 0.2) is 22.8 Å². The first-order valence-corrected chi connectivity index (χ1v) is 5.99. The van der Waals surface area contributed by atoms with E-state index in [4.69, 9.17) is 21.1 Å². The normalized spacial score (nSPS) is 10.0. The molecule has 0 aliphatic carbocycles. The fourth-order valence-corrected chi connectivity index (χ4v) is 2.13. The molecule has 0 unspecified atom stereocenters. The van der Waals surface area contributed by atoms with Crippen LogP contribution in [0, 0.1) is 0 Å². The predicted molar refractivity (Wildman–Crippen MR) is 67.8 cm³/mol. The molecule has 0 N–H and O–H groups in total. The molecule has 1 aromatic carbocycles. The molecule has 3 nitrogen and oxygen atoms in total. The van der Waals surface area contributed by atoms with E-state index in [2.05, 4.69) is 0 Å². The van der Waals surface area contributed by atoms with E-state index in [0.717, 1.165) is 6.29 Å². The molecule has 0 aliphatic heterocycles. The van der Waals surface area contributed by atoms with E-state index in [0.29, 0.717) is 26.5 Å². The Morgan fingerprint density at radius 3 is 2.71 bits per heavy atom. The highest BCUT2D eigenvalue weighted by Crippen LogP contribution is 2.36. The van der Waals surface area contributed by atoms with Crippen LogP contribution in [0.15, 0.2) is 30.3 Å². The van der Waals surface area contributed by atoms with Crippen molar-refractivity contribution in [2.75, 3.05) is 7.11 Å². The van der Waals surface area contributed by atoms with Crippen molar-refractivity contribution in [3.8, 4) is 16.6 Å². The van der Waals surface area contributed by atoms with E-state index in [1.165, 1.54) is 11.3 Å². The molecule has 1 aromatic heterocycles. The van der Waals surface area contributed by atoms with Gasteiger partial charge in [-0.2, -0.15) is 0 Å². The number of ether oxygens (including phenoxy) is 2. The maximum absolute atomic E-state index is 10.6. The van der Waals surface area contributed by atoms with E-state index < -0.39 is 0 Å². The predicted octanol–water partition coefficient (Wildman–Crippen LogP) is 4.01. The molecule has 1 heterocycles. The number of aldehydes is 1. The fourth-order valence-electron chi connectivity index (χ4n) is 1.29. The van der Waals surface area contributed by atoms with E-state index in [1.54, 1.807) is 37.4 Å². The minimum absolute atomic E-state index is 0.554. The minimum Gasteiger partial charge on any atom is -0.493 e. The second-order valence-corrected chi connectivity index (χ2v) is 4.69. The van der Waals surface area contributed by atoms with Crippen molar-refractivity contribution in [1.82, 2.24) is 0 Å². The van der Waals surface area contributed by atoms with Crippen LogP contribution >= 0.6 is 22.9 Å². The highest BCUT2D eigenvalue weighted by atomic mass is 35.5. The number of hydrogen-bond donors (Lipinski definition) is 0. The van der Waals surface area contributed by atoms with Gasteiger partial charge in [0.05, 0.1) is 12.0 Å². The summed E-state index contributed by atoms with van der Waals surface area (Å²) >= 11 is 7.12. The molecule has 0 amide bonds. The first-order valence-electron chi connectivity index (χ1n) is 4.79. The Morgan fingerprint density at radius 2 is 2.06 bits per heavy atom. The van der Waals surface area contributed by atoms with E-state index >= 15 is 0 Å². The minimum atomic E-state index is 0.554. The van der Waals surface area contributed by atoms with Crippen molar-refractivity contribution in [2.45, 2.75) is 0 Å². The lowest BCUT2D eigenvalue weighted by molar-refractivity contribution is 0.112. The molecule has 0 bridgehead atoms. The summed E-state index contributed by atoms with van der Waals surface area (Å²) in [6, 6.07) is 8.55. The molecule has 0 fully saturated rings. The second kappa shape index (κ2) is 5.21. The summed E-state index contributed by atoms with van der Waals surface area (Å²) in [6.45, 7) is 0. The number of carbonyl (C=O) groups excluding carboxylic acids is 1. The zero-order valence-corrected chi connectivity index (χ0v) is 10.5. The molecule has 2 aromatic rings. The molecule has 2 rings (SSSR count). The van der Waals surface area contributed by atoms with Crippen LogP contribution in [0.4, 0.5) is 0 Å². The van der Waals surface area contributed by atoms with E-state index in [-0.39, 0.29) is 0 Å². The van der Waals surface area contributed by atoms with Gasteiger partial charge in [0.2, 0.25) is 0 Å². The van der Waals surface area contributed by atoms with E-state index in [9.17, 15) is 4.79 Å². The van der Waals surface area contributed by atoms with Gasteiger partial charge in [-0.15, -0.1) is 0 Å². The van der Waals surface area contributed by atoms with Crippen LogP contribution in [0.3, 0.4) is 0 Å². The third-order valence-electron chi connectivity index (χ3n) is 2.05. The zero-order valence-electron chi connectivity index (χ0n) is 8.98. The summed E-state index contributed by atoms with van der Waals surface area (Å²) in [4.78, 5) is 11.2. The molecular formula is C12H9ClO3S. The molecule has 0 saturated carbocycles. The summed E-state index contributed by atoms with van der Waals surface area (Å²) < 4.78 is 10.8. The summed E-state index contributed by atoms with van der Waals surface area (Å²) in [5.74, 6) is 1.12. The molecular weight excluding hydrogens is 260 g/mol. The number of halogens is 1. The standard InChI is InChI=1S/C12H9ClO3S/c1-15-11-6-8(13)2-4-10(11)16-12-5-3-9(7-14)17-12/h2-7H,1H3. The Balaban J connectivity index is 2.25. The lowest BCUT2D eigenvalue weighted by Gasteiger charge is -2.08. The lowest BCUT2D eigenvalue weighted by Crippen LogP contribution is -1.88. The van der Waals surface area contributed by atoms with Crippen molar-refractivity contribution in [2.24, 2.45) is 0 Å². The van der Waals surface area contributed by atoms with Crippen molar-refractivity contribution in [3.63, 3.8) is 0 Å². The summed E-state index contributed by atoms with van der Waals surface area (Å²) in [5, 5.41) is 1.21. The van der Waals surface area contributed by atoms with Gasteiger partial charge in [0, 0.05) is 11.1 Å². The fraction of sp³-hybridized carbons (Fsp3) is 0.0833. The molecule has 0 spiro atoms. The van der Waals surface area contributed by atoms with Crippen molar-refractivity contribution in [1.29, 1.82) is 0 Å². The average molecular weight is 269 g/mol. The third-order valence-corrected chi connectivity index (χ3v) is 3.18. The van der Waals surface area contributed by atoms with Crippen molar-refractivity contribution >= 4 is 29.2 Å². The van der Waals surface area contributed by atoms with Crippen LogP contribution in [-0.4, -0.2) is 13.4 Å². The largest absolute Gasteiger partial charge is 0.493 e. The number of benzene rings is 1. The van der Waals surface area contributed by atoms with Gasteiger partial charge in [0.1, 0.15) is 0 Å². The average Bonchev–Trinajstić information content (AvgIpc) is 2.79. The topological polar surface area (TPSA) is 35.5 Å².